The third-order valence-corrected chi connectivity index (χ3v) is 2.57. The van der Waals surface area contributed by atoms with Gasteiger partial charge in [0.25, 0.3) is 0 Å². The third kappa shape index (κ3) is 0.909. The predicted octanol–water partition coefficient (Wildman–Crippen LogP) is 1.81. The molecule has 0 N–H and O–H groups in total. The summed E-state index contributed by atoms with van der Waals surface area (Å²) in [5.41, 5.74) is 2.98. The molecule has 64 valence electrons. The Hall–Kier alpha value is -1.05. The van der Waals surface area contributed by atoms with Gasteiger partial charge in [-0.05, 0) is 11.6 Å². The number of hydrogen-bond acceptors (Lipinski definition) is 2. The largest absolute Gasteiger partial charge is 0.372 e. The van der Waals surface area contributed by atoms with Gasteiger partial charge >= 0.3 is 0 Å². The minimum Gasteiger partial charge on any atom is -0.372 e. The van der Waals surface area contributed by atoms with Crippen molar-refractivity contribution in [1.29, 1.82) is 0 Å². The van der Waals surface area contributed by atoms with E-state index in [1.165, 1.54) is 11.3 Å². The summed E-state index contributed by atoms with van der Waals surface area (Å²) in [6.07, 6.45) is 3.82. The van der Waals surface area contributed by atoms with Crippen LogP contribution in [-0.2, 0) is 5.41 Å². The van der Waals surface area contributed by atoms with Crippen LogP contribution in [-0.4, -0.2) is 18.6 Å². The quantitative estimate of drug-likeness (QED) is 0.578. The lowest BCUT2D eigenvalue weighted by Crippen LogP contribution is -2.24. The maximum Gasteiger partial charge on any atom is 0.0589 e. The number of fused-ring (bicyclic) bond motifs is 1. The fourth-order valence-corrected chi connectivity index (χ4v) is 2.03. The molecule has 1 aliphatic heterocycles. The van der Waals surface area contributed by atoms with Crippen molar-refractivity contribution in [2.75, 3.05) is 18.5 Å². The SMILES string of the molecule is CN1CC(C)(C)c2ccncc21. The summed E-state index contributed by atoms with van der Waals surface area (Å²) >= 11 is 0. The van der Waals surface area contributed by atoms with Gasteiger partial charge in [0, 0.05) is 25.2 Å². The molecule has 0 bridgehead atoms. The second kappa shape index (κ2) is 2.22. The molecule has 0 spiro atoms. The highest BCUT2D eigenvalue weighted by molar-refractivity contribution is 5.59. The van der Waals surface area contributed by atoms with E-state index in [0.717, 1.165) is 6.54 Å². The Labute approximate surface area is 73.2 Å². The van der Waals surface area contributed by atoms with Crippen LogP contribution in [0.1, 0.15) is 19.4 Å². The summed E-state index contributed by atoms with van der Waals surface area (Å²) in [5, 5.41) is 0. The monoisotopic (exact) mass is 162 g/mol. The van der Waals surface area contributed by atoms with Crippen LogP contribution < -0.4 is 4.90 Å². The molecule has 2 heterocycles. The molecule has 2 nitrogen and oxygen atoms in total. The standard InChI is InChI=1S/C10H14N2/c1-10(2)7-12(3)9-6-11-5-4-8(9)10/h4-6H,7H2,1-3H3. The van der Waals surface area contributed by atoms with E-state index in [1.807, 2.05) is 12.4 Å². The van der Waals surface area contributed by atoms with Crippen molar-refractivity contribution in [2.24, 2.45) is 0 Å². The first kappa shape index (κ1) is 7.59. The van der Waals surface area contributed by atoms with E-state index < -0.39 is 0 Å². The van der Waals surface area contributed by atoms with Crippen molar-refractivity contribution in [3.05, 3.63) is 24.0 Å². The Kier molecular flexibility index (Phi) is 1.40. The predicted molar refractivity (Wildman–Crippen MR) is 50.5 cm³/mol. The van der Waals surface area contributed by atoms with Crippen LogP contribution in [0.2, 0.25) is 0 Å². The summed E-state index contributed by atoms with van der Waals surface area (Å²) in [5.74, 6) is 0. The number of rotatable bonds is 0. The summed E-state index contributed by atoms with van der Waals surface area (Å²) in [7, 11) is 2.12. The van der Waals surface area contributed by atoms with Crippen molar-refractivity contribution in [3.63, 3.8) is 0 Å². The molecular weight excluding hydrogens is 148 g/mol. The van der Waals surface area contributed by atoms with E-state index in [0.29, 0.717) is 0 Å². The number of likely N-dealkylation sites (N-methyl/N-ethyl adjacent to an activating group) is 1. The topological polar surface area (TPSA) is 16.1 Å². The van der Waals surface area contributed by atoms with Crippen LogP contribution in [0.5, 0.6) is 0 Å². The Morgan fingerprint density at radius 3 is 2.92 bits per heavy atom. The highest BCUT2D eigenvalue weighted by atomic mass is 15.1. The van der Waals surface area contributed by atoms with Gasteiger partial charge in [0.15, 0.2) is 0 Å². The molecule has 0 saturated carbocycles. The lowest BCUT2D eigenvalue weighted by Gasteiger charge is -2.18. The third-order valence-electron chi connectivity index (χ3n) is 2.57. The molecular formula is C10H14N2. The van der Waals surface area contributed by atoms with Gasteiger partial charge in [0.2, 0.25) is 0 Å². The smallest absolute Gasteiger partial charge is 0.0589 e. The zero-order valence-electron chi connectivity index (χ0n) is 7.83. The molecule has 12 heavy (non-hydrogen) atoms. The van der Waals surface area contributed by atoms with Gasteiger partial charge < -0.3 is 4.90 Å². The van der Waals surface area contributed by atoms with Crippen molar-refractivity contribution < 1.29 is 0 Å². The molecule has 0 amide bonds. The van der Waals surface area contributed by atoms with Crippen LogP contribution in [0.3, 0.4) is 0 Å². The van der Waals surface area contributed by atoms with Gasteiger partial charge in [-0.1, -0.05) is 13.8 Å². The summed E-state index contributed by atoms with van der Waals surface area (Å²) in [6.45, 7) is 5.64. The molecule has 0 aliphatic carbocycles. The number of nitrogens with zero attached hydrogens (tertiary/aromatic N) is 2. The Morgan fingerprint density at radius 2 is 2.25 bits per heavy atom. The van der Waals surface area contributed by atoms with E-state index in [4.69, 9.17) is 0 Å². The zero-order chi connectivity index (χ0) is 8.77. The first-order valence-corrected chi connectivity index (χ1v) is 4.27. The highest BCUT2D eigenvalue weighted by Gasteiger charge is 2.32. The molecule has 0 aromatic carbocycles. The number of anilines is 1. The van der Waals surface area contributed by atoms with Crippen LogP contribution in [0, 0.1) is 0 Å². The minimum absolute atomic E-state index is 0.285. The lowest BCUT2D eigenvalue weighted by molar-refractivity contribution is 0.563. The zero-order valence-corrected chi connectivity index (χ0v) is 7.83. The van der Waals surface area contributed by atoms with Gasteiger partial charge in [-0.2, -0.15) is 0 Å². The molecule has 0 radical (unpaired) electrons. The summed E-state index contributed by atoms with van der Waals surface area (Å²) in [6, 6.07) is 2.12. The van der Waals surface area contributed by atoms with E-state index in [9.17, 15) is 0 Å². The van der Waals surface area contributed by atoms with Gasteiger partial charge in [-0.25, -0.2) is 0 Å². The van der Waals surface area contributed by atoms with Gasteiger partial charge in [-0.15, -0.1) is 0 Å². The number of hydrogen-bond donors (Lipinski definition) is 0. The molecule has 1 aromatic rings. The maximum absolute atomic E-state index is 4.13. The highest BCUT2D eigenvalue weighted by Crippen LogP contribution is 2.38. The van der Waals surface area contributed by atoms with Gasteiger partial charge in [0.05, 0.1) is 11.9 Å². The molecule has 0 atom stereocenters. The normalized spacial score (nSPS) is 19.4. The fraction of sp³-hybridized carbons (Fsp3) is 0.500. The fourth-order valence-electron chi connectivity index (χ4n) is 2.03. The van der Waals surface area contributed by atoms with Gasteiger partial charge in [-0.3, -0.25) is 4.98 Å². The van der Waals surface area contributed by atoms with E-state index in [2.05, 4.69) is 36.8 Å². The molecule has 0 fully saturated rings. The van der Waals surface area contributed by atoms with Crippen molar-refractivity contribution >= 4 is 5.69 Å². The molecule has 1 aliphatic rings. The van der Waals surface area contributed by atoms with Gasteiger partial charge in [0.1, 0.15) is 0 Å². The molecule has 2 heteroatoms. The molecule has 0 unspecified atom stereocenters. The lowest BCUT2D eigenvalue weighted by atomic mass is 9.88. The first-order valence-electron chi connectivity index (χ1n) is 4.27. The second-order valence-corrected chi connectivity index (χ2v) is 4.13. The average Bonchev–Trinajstić information content (AvgIpc) is 2.25. The van der Waals surface area contributed by atoms with Crippen LogP contribution in [0.4, 0.5) is 5.69 Å². The summed E-state index contributed by atoms with van der Waals surface area (Å²) in [4.78, 5) is 6.40. The minimum atomic E-state index is 0.285. The Balaban J connectivity index is 2.58. The van der Waals surface area contributed by atoms with Crippen LogP contribution in [0.15, 0.2) is 18.5 Å². The van der Waals surface area contributed by atoms with Crippen molar-refractivity contribution in [2.45, 2.75) is 19.3 Å². The summed E-state index contributed by atoms with van der Waals surface area (Å²) < 4.78 is 0. The Bertz CT molecular complexity index is 304. The number of aromatic nitrogens is 1. The second-order valence-electron chi connectivity index (χ2n) is 4.13. The molecule has 2 rings (SSSR count). The van der Waals surface area contributed by atoms with Crippen LogP contribution >= 0.6 is 0 Å². The van der Waals surface area contributed by atoms with Crippen molar-refractivity contribution in [1.82, 2.24) is 4.98 Å². The van der Waals surface area contributed by atoms with E-state index in [1.54, 1.807) is 0 Å². The van der Waals surface area contributed by atoms with E-state index >= 15 is 0 Å². The number of pyridine rings is 1. The molecule has 0 saturated heterocycles. The first-order chi connectivity index (χ1) is 5.61. The van der Waals surface area contributed by atoms with E-state index in [-0.39, 0.29) is 5.41 Å². The van der Waals surface area contributed by atoms with Crippen molar-refractivity contribution in [3.8, 4) is 0 Å². The Morgan fingerprint density at radius 1 is 1.50 bits per heavy atom. The maximum atomic E-state index is 4.13. The average molecular weight is 162 g/mol. The molecule has 1 aromatic heterocycles. The van der Waals surface area contributed by atoms with Crippen LogP contribution in [0.25, 0.3) is 0 Å².